The van der Waals surface area contributed by atoms with Gasteiger partial charge in [-0.3, -0.25) is 9.59 Å². The maximum Gasteiger partial charge on any atom is 0.242 e. The smallest absolute Gasteiger partial charge is 0.242 e. The van der Waals surface area contributed by atoms with Crippen molar-refractivity contribution in [3.8, 4) is 0 Å². The molecule has 2 rings (SSSR count). The predicted molar refractivity (Wildman–Crippen MR) is 80.2 cm³/mol. The molecule has 1 heterocycles. The molecule has 106 valence electrons. The quantitative estimate of drug-likeness (QED) is 0.695. The van der Waals surface area contributed by atoms with Crippen LogP contribution >= 0.6 is 12.2 Å². The summed E-state index contributed by atoms with van der Waals surface area (Å²) in [4.78, 5) is 23.8. The first kappa shape index (κ1) is 14.5. The lowest BCUT2D eigenvalue weighted by atomic mass is 10.1. The van der Waals surface area contributed by atoms with Gasteiger partial charge in [0, 0.05) is 12.1 Å². The lowest BCUT2D eigenvalue weighted by molar-refractivity contribution is -0.129. The van der Waals surface area contributed by atoms with Crippen LogP contribution in [0, 0.1) is 0 Å². The van der Waals surface area contributed by atoms with Crippen LogP contribution in [0.2, 0.25) is 0 Å². The predicted octanol–water partition coefficient (Wildman–Crippen LogP) is 0.258. The van der Waals surface area contributed by atoms with Gasteiger partial charge in [-0.25, -0.2) is 0 Å². The molecular weight excluding hydrogens is 274 g/mol. The van der Waals surface area contributed by atoms with Gasteiger partial charge in [-0.05, 0) is 18.4 Å². The molecule has 5 nitrogen and oxygen atoms in total. The summed E-state index contributed by atoms with van der Waals surface area (Å²) in [5.41, 5.74) is 7.15. The number of hydrogen-bond donors (Lipinski definition) is 3. The number of hydrogen-bond acceptors (Lipinski definition) is 3. The molecule has 1 aliphatic heterocycles. The Morgan fingerprint density at radius 1 is 1.40 bits per heavy atom. The minimum Gasteiger partial charge on any atom is -0.389 e. The number of amides is 2. The Labute approximate surface area is 122 Å². The van der Waals surface area contributed by atoms with E-state index in [1.54, 1.807) is 12.1 Å². The number of thiocarbonyl (C=S) groups is 1. The van der Waals surface area contributed by atoms with Gasteiger partial charge in [-0.1, -0.05) is 36.5 Å². The second-order valence-electron chi connectivity index (χ2n) is 4.79. The van der Waals surface area contributed by atoms with Crippen molar-refractivity contribution in [3.63, 3.8) is 0 Å². The van der Waals surface area contributed by atoms with Crippen LogP contribution in [0.1, 0.15) is 24.0 Å². The zero-order chi connectivity index (χ0) is 14.5. The minimum absolute atomic E-state index is 0.103. The number of nitrogens with one attached hydrogen (secondary N) is 2. The Morgan fingerprint density at radius 3 is 2.70 bits per heavy atom. The second-order valence-corrected chi connectivity index (χ2v) is 5.23. The zero-order valence-electron chi connectivity index (χ0n) is 11.0. The SMILES string of the molecule is NC(=S)c1ccc(CC(=O)NC2CCCNC2=O)cc1. The van der Waals surface area contributed by atoms with Gasteiger partial charge in [0.05, 0.1) is 6.42 Å². The molecule has 1 fully saturated rings. The number of carbonyl (C=O) groups is 2. The molecule has 1 aliphatic rings. The largest absolute Gasteiger partial charge is 0.389 e. The molecule has 1 saturated heterocycles. The molecule has 0 radical (unpaired) electrons. The summed E-state index contributed by atoms with van der Waals surface area (Å²) in [6, 6.07) is 6.80. The van der Waals surface area contributed by atoms with E-state index in [0.29, 0.717) is 18.0 Å². The van der Waals surface area contributed by atoms with Crippen molar-refractivity contribution in [3.05, 3.63) is 35.4 Å². The van der Waals surface area contributed by atoms with E-state index in [0.717, 1.165) is 17.5 Å². The normalized spacial score (nSPS) is 18.2. The van der Waals surface area contributed by atoms with Crippen molar-refractivity contribution in [2.24, 2.45) is 5.73 Å². The third kappa shape index (κ3) is 3.77. The number of benzene rings is 1. The van der Waals surface area contributed by atoms with Gasteiger partial charge in [0.2, 0.25) is 11.8 Å². The Morgan fingerprint density at radius 2 is 2.10 bits per heavy atom. The number of piperidine rings is 1. The molecule has 1 unspecified atom stereocenters. The summed E-state index contributed by atoms with van der Waals surface area (Å²) in [6.07, 6.45) is 1.82. The van der Waals surface area contributed by atoms with Gasteiger partial charge >= 0.3 is 0 Å². The van der Waals surface area contributed by atoms with Crippen LogP contribution in [0.15, 0.2) is 24.3 Å². The molecule has 6 heteroatoms. The Balaban J connectivity index is 1.90. The average molecular weight is 291 g/mol. The summed E-state index contributed by atoms with van der Waals surface area (Å²) in [5.74, 6) is -0.261. The van der Waals surface area contributed by atoms with E-state index in [1.165, 1.54) is 0 Å². The van der Waals surface area contributed by atoms with Crippen LogP contribution in [0.4, 0.5) is 0 Å². The molecule has 1 atom stereocenters. The number of nitrogens with two attached hydrogens (primary N) is 1. The molecular formula is C14H17N3O2S. The van der Waals surface area contributed by atoms with Crippen LogP contribution < -0.4 is 16.4 Å². The maximum atomic E-state index is 11.9. The van der Waals surface area contributed by atoms with E-state index in [9.17, 15) is 9.59 Å². The van der Waals surface area contributed by atoms with E-state index in [2.05, 4.69) is 10.6 Å². The van der Waals surface area contributed by atoms with Crippen molar-refractivity contribution in [1.29, 1.82) is 0 Å². The summed E-state index contributed by atoms with van der Waals surface area (Å²) in [7, 11) is 0. The molecule has 0 aromatic heterocycles. The molecule has 1 aromatic rings. The highest BCUT2D eigenvalue weighted by molar-refractivity contribution is 7.80. The monoisotopic (exact) mass is 291 g/mol. The third-order valence-electron chi connectivity index (χ3n) is 3.22. The third-order valence-corrected chi connectivity index (χ3v) is 3.46. The fourth-order valence-electron chi connectivity index (χ4n) is 2.13. The van der Waals surface area contributed by atoms with Crippen LogP contribution in [0.5, 0.6) is 0 Å². The van der Waals surface area contributed by atoms with Crippen LogP contribution in [0.3, 0.4) is 0 Å². The minimum atomic E-state index is -0.410. The van der Waals surface area contributed by atoms with E-state index >= 15 is 0 Å². The Hall–Kier alpha value is -1.95. The second kappa shape index (κ2) is 6.47. The average Bonchev–Trinajstić information content (AvgIpc) is 2.42. The summed E-state index contributed by atoms with van der Waals surface area (Å²) in [6.45, 7) is 0.686. The fourth-order valence-corrected chi connectivity index (χ4v) is 2.26. The number of rotatable bonds is 4. The van der Waals surface area contributed by atoms with Crippen LogP contribution in [-0.2, 0) is 16.0 Å². The topological polar surface area (TPSA) is 84.2 Å². The Kier molecular flexibility index (Phi) is 4.68. The molecule has 4 N–H and O–H groups in total. The first-order chi connectivity index (χ1) is 9.56. The van der Waals surface area contributed by atoms with E-state index in [-0.39, 0.29) is 18.2 Å². The van der Waals surface area contributed by atoms with Crippen LogP contribution in [0.25, 0.3) is 0 Å². The van der Waals surface area contributed by atoms with Gasteiger partial charge in [0.15, 0.2) is 0 Å². The van der Waals surface area contributed by atoms with E-state index in [1.807, 2.05) is 12.1 Å². The maximum absolute atomic E-state index is 11.9. The summed E-state index contributed by atoms with van der Waals surface area (Å²) >= 11 is 4.87. The van der Waals surface area contributed by atoms with Gasteiger partial charge in [-0.2, -0.15) is 0 Å². The first-order valence-electron chi connectivity index (χ1n) is 6.52. The highest BCUT2D eigenvalue weighted by atomic mass is 32.1. The van der Waals surface area contributed by atoms with Gasteiger partial charge in [0.1, 0.15) is 11.0 Å². The van der Waals surface area contributed by atoms with E-state index in [4.69, 9.17) is 18.0 Å². The van der Waals surface area contributed by atoms with Gasteiger partial charge in [0.25, 0.3) is 0 Å². The molecule has 0 aliphatic carbocycles. The highest BCUT2D eigenvalue weighted by Gasteiger charge is 2.23. The van der Waals surface area contributed by atoms with Crippen molar-refractivity contribution in [2.75, 3.05) is 6.54 Å². The molecule has 1 aromatic carbocycles. The highest BCUT2D eigenvalue weighted by Crippen LogP contribution is 2.07. The van der Waals surface area contributed by atoms with Crippen molar-refractivity contribution in [2.45, 2.75) is 25.3 Å². The van der Waals surface area contributed by atoms with Crippen molar-refractivity contribution in [1.82, 2.24) is 10.6 Å². The molecule has 0 spiro atoms. The van der Waals surface area contributed by atoms with Crippen LogP contribution in [-0.4, -0.2) is 29.4 Å². The molecule has 0 bridgehead atoms. The number of carbonyl (C=O) groups excluding carboxylic acids is 2. The van der Waals surface area contributed by atoms with Gasteiger partial charge < -0.3 is 16.4 Å². The first-order valence-corrected chi connectivity index (χ1v) is 6.93. The zero-order valence-corrected chi connectivity index (χ0v) is 11.8. The van der Waals surface area contributed by atoms with Gasteiger partial charge in [-0.15, -0.1) is 0 Å². The lowest BCUT2D eigenvalue weighted by Gasteiger charge is -2.22. The lowest BCUT2D eigenvalue weighted by Crippen LogP contribution is -2.50. The summed E-state index contributed by atoms with van der Waals surface area (Å²) in [5, 5.41) is 5.49. The van der Waals surface area contributed by atoms with Crippen molar-refractivity contribution >= 4 is 29.0 Å². The van der Waals surface area contributed by atoms with Crippen molar-refractivity contribution < 1.29 is 9.59 Å². The standard InChI is InChI=1S/C14H17N3O2S/c15-13(20)10-5-3-9(4-6-10)8-12(18)17-11-2-1-7-16-14(11)19/h3-6,11H,1-2,7-8H2,(H2,15,20)(H,16,19)(H,17,18). The molecule has 0 saturated carbocycles. The molecule has 20 heavy (non-hydrogen) atoms. The molecule has 2 amide bonds. The van der Waals surface area contributed by atoms with E-state index < -0.39 is 6.04 Å². The summed E-state index contributed by atoms with van der Waals surface area (Å²) < 4.78 is 0. The Bertz CT molecular complexity index is 528. The fraction of sp³-hybridized carbons (Fsp3) is 0.357.